The van der Waals surface area contributed by atoms with Crippen molar-refractivity contribution in [2.45, 2.75) is 33.4 Å². The van der Waals surface area contributed by atoms with Gasteiger partial charge in [-0.15, -0.1) is 0 Å². The molecule has 0 bridgehead atoms. The molecule has 4 nitrogen and oxygen atoms in total. The van der Waals surface area contributed by atoms with Gasteiger partial charge in [-0.05, 0) is 50.2 Å². The second-order valence-electron chi connectivity index (χ2n) is 6.07. The Balaban J connectivity index is 2.12. The first-order valence-electron chi connectivity index (χ1n) is 9.99. The molecule has 0 fully saturated rings. The highest BCUT2D eigenvalue weighted by molar-refractivity contribution is 6.72. The molecule has 0 radical (unpaired) electrons. The van der Waals surface area contributed by atoms with Gasteiger partial charge in [0.05, 0.1) is 45.5 Å². The van der Waals surface area contributed by atoms with Crippen LogP contribution in [0.2, 0.25) is 5.67 Å². The zero-order valence-electron chi connectivity index (χ0n) is 17.0. The topological polar surface area (TPSA) is 36.9 Å². The summed E-state index contributed by atoms with van der Waals surface area (Å²) in [6.45, 7) is 10.7. The Kier molecular flexibility index (Phi) is 9.28. The van der Waals surface area contributed by atoms with Crippen LogP contribution in [-0.2, 0) is 0 Å². The largest absolute Gasteiger partial charge is 0.490 e. The molecule has 0 spiro atoms. The van der Waals surface area contributed by atoms with E-state index < -0.39 is 19.0 Å². The molecule has 0 heterocycles. The zero-order valence-corrected chi connectivity index (χ0v) is 19.9. The lowest BCUT2D eigenvalue weighted by molar-refractivity contribution is 0.289. The molecule has 0 saturated heterocycles. The van der Waals surface area contributed by atoms with E-state index in [2.05, 4.69) is 24.3 Å². The smallest absolute Gasteiger partial charge is 0.160 e. The summed E-state index contributed by atoms with van der Waals surface area (Å²) in [6, 6.07) is 12.6. The molecule has 0 aliphatic rings. The van der Waals surface area contributed by atoms with Gasteiger partial charge in [-0.2, -0.15) is 0 Å². The third-order valence-electron chi connectivity index (χ3n) is 4.19. The molecule has 2 rings (SSSR count). The lowest BCUT2D eigenvalue weighted by Gasteiger charge is -2.16. The van der Waals surface area contributed by atoms with Crippen LogP contribution in [0.15, 0.2) is 36.4 Å². The van der Waals surface area contributed by atoms with Crippen LogP contribution < -0.4 is 29.3 Å². The minimum absolute atomic E-state index is 0.436. The first kappa shape index (κ1) is 21.4. The van der Waals surface area contributed by atoms with Gasteiger partial charge < -0.3 is 18.9 Å². The SMILES string of the molecule is CCOc1cccc([SiH2]C[SiH2]c2cccc(OCC)c2OCC)c1OCC. The molecule has 6 heteroatoms. The quantitative estimate of drug-likeness (QED) is 0.507. The monoisotopic (exact) mass is 404 g/mol. The first-order chi connectivity index (χ1) is 13.2. The van der Waals surface area contributed by atoms with Gasteiger partial charge in [-0.3, -0.25) is 0 Å². The number of hydrogen-bond acceptors (Lipinski definition) is 4. The first-order valence-corrected chi connectivity index (χ1v) is 13.4. The van der Waals surface area contributed by atoms with Gasteiger partial charge in [-0.25, -0.2) is 0 Å². The standard InChI is InChI=1S/C21H32O4Si2/c1-5-22-16-11-9-13-18(20(16)24-7-3)26-15-27-19-14-10-12-17(23-6-2)21(19)25-8-4/h9-14H,5-8,15,26-27H2,1-4H3. The summed E-state index contributed by atoms with van der Waals surface area (Å²) in [5, 5.41) is 2.71. The van der Waals surface area contributed by atoms with Crippen molar-refractivity contribution >= 4 is 29.4 Å². The molecule has 0 aromatic heterocycles. The highest BCUT2D eigenvalue weighted by atomic mass is 28.3. The zero-order chi connectivity index (χ0) is 19.5. The fraction of sp³-hybridized carbons (Fsp3) is 0.429. The van der Waals surface area contributed by atoms with Gasteiger partial charge >= 0.3 is 0 Å². The highest BCUT2D eigenvalue weighted by Crippen LogP contribution is 2.26. The van der Waals surface area contributed by atoms with Gasteiger partial charge in [0.25, 0.3) is 0 Å². The summed E-state index contributed by atoms with van der Waals surface area (Å²) in [4.78, 5) is 0. The van der Waals surface area contributed by atoms with E-state index >= 15 is 0 Å². The summed E-state index contributed by atoms with van der Waals surface area (Å²) in [5.41, 5.74) is 1.27. The molecule has 0 atom stereocenters. The molecule has 2 aromatic rings. The van der Waals surface area contributed by atoms with Crippen molar-refractivity contribution < 1.29 is 18.9 Å². The minimum atomic E-state index is -0.436. The maximum Gasteiger partial charge on any atom is 0.160 e. The Morgan fingerprint density at radius 1 is 0.593 bits per heavy atom. The Hall–Kier alpha value is -1.93. The Morgan fingerprint density at radius 2 is 1.00 bits per heavy atom. The average Bonchev–Trinajstić information content (AvgIpc) is 2.67. The predicted molar refractivity (Wildman–Crippen MR) is 119 cm³/mol. The van der Waals surface area contributed by atoms with Crippen molar-refractivity contribution in [2.75, 3.05) is 26.4 Å². The number of rotatable bonds is 12. The molecular weight excluding hydrogens is 372 g/mol. The Labute approximate surface area is 167 Å². The molecular formula is C21H32O4Si2. The molecule has 0 aliphatic carbocycles. The fourth-order valence-corrected chi connectivity index (χ4v) is 8.51. The molecule has 0 aliphatic heterocycles. The van der Waals surface area contributed by atoms with E-state index in [1.807, 2.05) is 39.8 Å². The number of hydrogen-bond donors (Lipinski definition) is 0. The van der Waals surface area contributed by atoms with E-state index in [0.717, 1.165) is 23.0 Å². The van der Waals surface area contributed by atoms with Crippen LogP contribution in [0, 0.1) is 0 Å². The lowest BCUT2D eigenvalue weighted by Crippen LogP contribution is -2.25. The molecule has 27 heavy (non-hydrogen) atoms. The molecule has 148 valence electrons. The summed E-state index contributed by atoms with van der Waals surface area (Å²) in [7, 11) is -0.872. The van der Waals surface area contributed by atoms with Crippen molar-refractivity contribution in [3.63, 3.8) is 0 Å². The summed E-state index contributed by atoms with van der Waals surface area (Å²) in [6.07, 6.45) is 0. The Bertz CT molecular complexity index is 647. The summed E-state index contributed by atoms with van der Waals surface area (Å²) >= 11 is 0. The van der Waals surface area contributed by atoms with Crippen LogP contribution in [0.3, 0.4) is 0 Å². The van der Waals surface area contributed by atoms with E-state index in [0.29, 0.717) is 26.4 Å². The van der Waals surface area contributed by atoms with Crippen molar-refractivity contribution in [1.29, 1.82) is 0 Å². The van der Waals surface area contributed by atoms with E-state index in [9.17, 15) is 0 Å². The van der Waals surface area contributed by atoms with Crippen molar-refractivity contribution in [3.8, 4) is 23.0 Å². The summed E-state index contributed by atoms with van der Waals surface area (Å²) < 4.78 is 23.4. The van der Waals surface area contributed by atoms with Crippen molar-refractivity contribution in [1.82, 2.24) is 0 Å². The van der Waals surface area contributed by atoms with Crippen LogP contribution in [-0.4, -0.2) is 45.5 Å². The fourth-order valence-electron chi connectivity index (χ4n) is 3.14. The van der Waals surface area contributed by atoms with Gasteiger partial charge in [0, 0.05) is 0 Å². The van der Waals surface area contributed by atoms with E-state index in [1.165, 1.54) is 16.0 Å². The lowest BCUT2D eigenvalue weighted by atomic mass is 10.3. The predicted octanol–water partition coefficient (Wildman–Crippen LogP) is 1.95. The molecule has 2 aromatic carbocycles. The van der Waals surface area contributed by atoms with Crippen LogP contribution in [0.4, 0.5) is 0 Å². The van der Waals surface area contributed by atoms with Crippen LogP contribution >= 0.6 is 0 Å². The van der Waals surface area contributed by atoms with E-state index in [-0.39, 0.29) is 0 Å². The normalized spacial score (nSPS) is 11.4. The summed E-state index contributed by atoms with van der Waals surface area (Å²) in [5.74, 6) is 3.66. The third-order valence-corrected chi connectivity index (χ3v) is 9.21. The van der Waals surface area contributed by atoms with Gasteiger partial charge in [0.2, 0.25) is 0 Å². The maximum absolute atomic E-state index is 5.92. The van der Waals surface area contributed by atoms with Gasteiger partial charge in [0.1, 0.15) is 0 Å². The average molecular weight is 405 g/mol. The Morgan fingerprint density at radius 3 is 1.37 bits per heavy atom. The van der Waals surface area contributed by atoms with Crippen LogP contribution in [0.5, 0.6) is 23.0 Å². The van der Waals surface area contributed by atoms with Crippen molar-refractivity contribution in [2.24, 2.45) is 0 Å². The highest BCUT2D eigenvalue weighted by Gasteiger charge is 2.14. The van der Waals surface area contributed by atoms with Gasteiger partial charge in [-0.1, -0.05) is 29.9 Å². The van der Waals surface area contributed by atoms with E-state index in [1.54, 1.807) is 0 Å². The molecule has 0 unspecified atom stereocenters. The number of para-hydroxylation sites is 2. The second kappa shape index (κ2) is 11.7. The molecule has 0 N–H and O–H groups in total. The molecule has 0 saturated carbocycles. The second-order valence-corrected chi connectivity index (χ2v) is 11.4. The maximum atomic E-state index is 5.92. The van der Waals surface area contributed by atoms with Gasteiger partial charge in [0.15, 0.2) is 23.0 Å². The molecule has 0 amide bonds. The number of benzene rings is 2. The van der Waals surface area contributed by atoms with Crippen LogP contribution in [0.25, 0.3) is 0 Å². The van der Waals surface area contributed by atoms with Crippen LogP contribution in [0.1, 0.15) is 27.7 Å². The minimum Gasteiger partial charge on any atom is -0.490 e. The number of ether oxygens (including phenoxy) is 4. The third kappa shape index (κ3) is 6.04. The van der Waals surface area contributed by atoms with E-state index in [4.69, 9.17) is 18.9 Å². The van der Waals surface area contributed by atoms with Crippen molar-refractivity contribution in [3.05, 3.63) is 36.4 Å².